The van der Waals surface area contributed by atoms with Gasteiger partial charge in [-0.2, -0.15) is 12.7 Å². The molecule has 0 spiro atoms. The third-order valence-electron chi connectivity index (χ3n) is 3.95. The fourth-order valence-corrected chi connectivity index (χ4v) is 3.72. The highest BCUT2D eigenvalue weighted by molar-refractivity contribution is 7.84. The highest BCUT2D eigenvalue weighted by Gasteiger charge is 2.52. The molecule has 0 aromatic heterocycles. The van der Waals surface area contributed by atoms with E-state index in [2.05, 4.69) is 4.18 Å². The number of carboxylic acids is 1. The molecule has 1 unspecified atom stereocenters. The molecule has 1 heterocycles. The summed E-state index contributed by atoms with van der Waals surface area (Å²) in [7, 11) is -5.83. The van der Waals surface area contributed by atoms with E-state index in [1.54, 1.807) is 0 Å². The van der Waals surface area contributed by atoms with Gasteiger partial charge in [0.2, 0.25) is 0 Å². The maximum absolute atomic E-state index is 12.3. The summed E-state index contributed by atoms with van der Waals surface area (Å²) in [6, 6.07) is -1.11. The molecule has 1 aliphatic heterocycles. The van der Waals surface area contributed by atoms with Crippen LogP contribution in [0.25, 0.3) is 0 Å². The Labute approximate surface area is 140 Å². The minimum atomic E-state index is -4.30. The van der Waals surface area contributed by atoms with E-state index in [1.807, 2.05) is 0 Å². The predicted molar refractivity (Wildman–Crippen MR) is 82.7 cm³/mol. The van der Waals surface area contributed by atoms with Crippen molar-refractivity contribution in [2.45, 2.75) is 30.7 Å². The number of halogens is 1. The van der Waals surface area contributed by atoms with Crippen molar-refractivity contribution in [2.24, 2.45) is 17.4 Å². The number of nitrogens with two attached hydrogens (primary N) is 2. The zero-order chi connectivity index (χ0) is 18.5. The van der Waals surface area contributed by atoms with Crippen molar-refractivity contribution in [3.05, 3.63) is 0 Å². The van der Waals surface area contributed by atoms with Gasteiger partial charge in [-0.15, -0.1) is 0 Å². The molecule has 1 fully saturated rings. The Morgan fingerprint density at radius 2 is 2.12 bits per heavy atom. The Balaban J connectivity index is 2.80. The summed E-state index contributed by atoms with van der Waals surface area (Å²) in [5, 5.41) is 27.0. The highest BCUT2D eigenvalue weighted by Crippen LogP contribution is 2.32. The molecule has 7 N–H and O–H groups in total. The van der Waals surface area contributed by atoms with Crippen molar-refractivity contribution in [2.75, 3.05) is 26.4 Å². The molecule has 0 amide bonds. The zero-order valence-electron chi connectivity index (χ0n) is 13.0. The Kier molecular flexibility index (Phi) is 7.53. The lowest BCUT2D eigenvalue weighted by molar-refractivity contribution is -0.144. The topological polar surface area (TPSA) is 176 Å². The molecule has 3 atom stereocenters. The number of carbonyl (C=O) groups is 1. The van der Waals surface area contributed by atoms with Crippen LogP contribution >= 0.6 is 0 Å². The average molecular weight is 371 g/mol. The second-order valence-electron chi connectivity index (χ2n) is 5.90. The fraction of sp³-hybridized carbons (Fsp3) is 0.909. The van der Waals surface area contributed by atoms with Gasteiger partial charge in [-0.25, -0.2) is 4.39 Å². The molecule has 24 heavy (non-hydrogen) atoms. The van der Waals surface area contributed by atoms with Crippen molar-refractivity contribution < 1.29 is 36.9 Å². The normalized spacial score (nSPS) is 26.5. The molecule has 0 saturated carbocycles. The van der Waals surface area contributed by atoms with Crippen LogP contribution in [0.15, 0.2) is 0 Å². The molecule has 0 aliphatic carbocycles. The SMILES string of the molecule is NC(CF)COS(=O)(=O)N1C[C@H](CCCB(O)O)[C@](N)(C(=O)O)C1. The van der Waals surface area contributed by atoms with Gasteiger partial charge >= 0.3 is 23.4 Å². The largest absolute Gasteiger partial charge is 0.480 e. The van der Waals surface area contributed by atoms with Crippen molar-refractivity contribution >= 4 is 23.4 Å². The third kappa shape index (κ3) is 5.34. The van der Waals surface area contributed by atoms with Gasteiger partial charge in [-0.05, 0) is 12.7 Å². The van der Waals surface area contributed by atoms with Crippen molar-refractivity contribution in [1.82, 2.24) is 4.31 Å². The van der Waals surface area contributed by atoms with Crippen LogP contribution in [-0.4, -0.2) is 78.9 Å². The van der Waals surface area contributed by atoms with E-state index in [0.717, 1.165) is 4.31 Å². The van der Waals surface area contributed by atoms with Gasteiger partial charge < -0.3 is 26.6 Å². The van der Waals surface area contributed by atoms with Gasteiger partial charge in [0.1, 0.15) is 12.2 Å². The zero-order valence-corrected chi connectivity index (χ0v) is 13.9. The first-order valence-corrected chi connectivity index (χ1v) is 8.74. The number of alkyl halides is 1. The summed E-state index contributed by atoms with van der Waals surface area (Å²) in [4.78, 5) is 11.5. The number of hydrogen-bond acceptors (Lipinski definition) is 8. The molecule has 0 bridgehead atoms. The van der Waals surface area contributed by atoms with Crippen LogP contribution in [0.2, 0.25) is 6.32 Å². The molecule has 1 rings (SSSR count). The van der Waals surface area contributed by atoms with E-state index in [1.165, 1.54) is 0 Å². The van der Waals surface area contributed by atoms with Crippen LogP contribution in [-0.2, 0) is 19.3 Å². The summed E-state index contributed by atoms with van der Waals surface area (Å²) in [5.41, 5.74) is 9.29. The first kappa shape index (κ1) is 21.2. The average Bonchev–Trinajstić information content (AvgIpc) is 2.84. The molecule has 0 aromatic carbocycles. The second-order valence-corrected chi connectivity index (χ2v) is 7.51. The van der Waals surface area contributed by atoms with E-state index < -0.39 is 60.7 Å². The van der Waals surface area contributed by atoms with E-state index in [0.29, 0.717) is 0 Å². The molecular weight excluding hydrogens is 348 g/mol. The van der Waals surface area contributed by atoms with E-state index in [-0.39, 0.29) is 25.7 Å². The Hall–Kier alpha value is -0.825. The Bertz CT molecular complexity index is 538. The van der Waals surface area contributed by atoms with Gasteiger partial charge in [0, 0.05) is 19.0 Å². The van der Waals surface area contributed by atoms with E-state index in [4.69, 9.17) is 21.5 Å². The smallest absolute Gasteiger partial charge is 0.451 e. The van der Waals surface area contributed by atoms with Crippen LogP contribution < -0.4 is 11.5 Å². The van der Waals surface area contributed by atoms with Gasteiger partial charge in [0.05, 0.1) is 12.6 Å². The first-order valence-electron chi connectivity index (χ1n) is 7.37. The lowest BCUT2D eigenvalue weighted by atomic mass is 9.78. The van der Waals surface area contributed by atoms with Crippen molar-refractivity contribution in [1.29, 1.82) is 0 Å². The summed E-state index contributed by atoms with van der Waals surface area (Å²) in [5.74, 6) is -2.10. The molecule has 0 radical (unpaired) electrons. The minimum absolute atomic E-state index is 0.0147. The monoisotopic (exact) mass is 371 g/mol. The number of nitrogens with zero attached hydrogens (tertiary/aromatic N) is 1. The summed E-state index contributed by atoms with van der Waals surface area (Å²) >= 11 is 0. The molecule has 1 saturated heterocycles. The number of aliphatic carboxylic acids is 1. The van der Waals surface area contributed by atoms with E-state index in [9.17, 15) is 22.7 Å². The molecular formula is C11H23BFN3O7S. The van der Waals surface area contributed by atoms with Crippen LogP contribution in [0, 0.1) is 5.92 Å². The predicted octanol–water partition coefficient (Wildman–Crippen LogP) is -2.49. The summed E-state index contributed by atoms with van der Waals surface area (Å²) < 4.78 is 41.9. The van der Waals surface area contributed by atoms with Gasteiger partial charge in [0.15, 0.2) is 0 Å². The lowest BCUT2D eigenvalue weighted by Gasteiger charge is -2.25. The summed E-state index contributed by atoms with van der Waals surface area (Å²) in [6.07, 6.45) is 0.466. The van der Waals surface area contributed by atoms with Crippen LogP contribution in [0.3, 0.4) is 0 Å². The summed E-state index contributed by atoms with van der Waals surface area (Å²) in [6.45, 7) is -2.22. The van der Waals surface area contributed by atoms with E-state index >= 15 is 0 Å². The quantitative estimate of drug-likeness (QED) is 0.260. The van der Waals surface area contributed by atoms with Crippen LogP contribution in [0.5, 0.6) is 0 Å². The maximum Gasteiger partial charge on any atom is 0.451 e. The first-order chi connectivity index (χ1) is 11.0. The highest BCUT2D eigenvalue weighted by atomic mass is 32.2. The second kappa shape index (κ2) is 8.51. The number of rotatable bonds is 10. The molecule has 10 nitrogen and oxygen atoms in total. The fourth-order valence-electron chi connectivity index (χ4n) is 2.49. The molecule has 140 valence electrons. The number of hydrogen-bond donors (Lipinski definition) is 5. The Morgan fingerprint density at radius 3 is 2.62 bits per heavy atom. The Morgan fingerprint density at radius 1 is 1.50 bits per heavy atom. The van der Waals surface area contributed by atoms with Crippen LogP contribution in [0.1, 0.15) is 12.8 Å². The maximum atomic E-state index is 12.3. The third-order valence-corrected chi connectivity index (χ3v) is 5.29. The van der Waals surface area contributed by atoms with Gasteiger partial charge in [-0.3, -0.25) is 8.98 Å². The van der Waals surface area contributed by atoms with Gasteiger partial charge in [0.25, 0.3) is 0 Å². The molecule has 1 aliphatic rings. The van der Waals surface area contributed by atoms with Crippen molar-refractivity contribution in [3.63, 3.8) is 0 Å². The van der Waals surface area contributed by atoms with Gasteiger partial charge in [-0.1, -0.05) is 6.42 Å². The van der Waals surface area contributed by atoms with Crippen LogP contribution in [0.4, 0.5) is 4.39 Å². The molecule has 13 heteroatoms. The lowest BCUT2D eigenvalue weighted by Crippen LogP contribution is -2.55. The number of carboxylic acid groups (broad SMARTS) is 1. The van der Waals surface area contributed by atoms with Crippen molar-refractivity contribution in [3.8, 4) is 0 Å². The standard InChI is InChI=1S/C11H23BFN3O7S/c13-4-9(14)6-23-24(21,22)16-5-8(2-1-3-12(19)20)11(15,7-16)10(17)18/h8-9,19-20H,1-7,14-15H2,(H,17,18)/t8-,9?,11-/m0/s1. The minimum Gasteiger partial charge on any atom is -0.480 e. The molecule has 0 aromatic rings.